The molecule has 0 spiro atoms. The Kier molecular flexibility index (Phi) is 5.92. The molecule has 0 bridgehead atoms. The van der Waals surface area contributed by atoms with Gasteiger partial charge in [0.1, 0.15) is 29.8 Å². The molecule has 0 amide bonds. The Hall–Kier alpha value is -3.43. The highest BCUT2D eigenvalue weighted by Gasteiger charge is 2.10. The molecule has 4 aromatic rings. The topological polar surface area (TPSA) is 135 Å². The van der Waals surface area contributed by atoms with Crippen molar-refractivity contribution in [2.75, 3.05) is 33.5 Å². The van der Waals surface area contributed by atoms with Crippen LogP contribution in [0.5, 0.6) is 5.75 Å². The molecule has 2 heterocycles. The normalized spacial score (nSPS) is 11.4. The van der Waals surface area contributed by atoms with E-state index in [2.05, 4.69) is 19.9 Å². The van der Waals surface area contributed by atoms with Gasteiger partial charge in [0.2, 0.25) is 0 Å². The standard InChI is InChI=1S/C21H24N6O3/c1-28-6-7-29-8-9-30-14-3-5-16-18(11-14)27-20(25-16)12-19-24-15-4-2-13(21(22)23)10-17(15)26-19/h2-5,10-11H,6-9,12H2,1H3,(H3,22,23)(H,24,26)(H,25,27). The minimum Gasteiger partial charge on any atom is -0.491 e. The number of hydrogen-bond donors (Lipinski definition) is 4. The smallest absolute Gasteiger partial charge is 0.122 e. The van der Waals surface area contributed by atoms with Crippen molar-refractivity contribution >= 4 is 27.9 Å². The van der Waals surface area contributed by atoms with Gasteiger partial charge in [-0.1, -0.05) is 0 Å². The third-order valence-corrected chi connectivity index (χ3v) is 4.61. The number of benzene rings is 2. The number of methoxy groups -OCH3 is 1. The third-order valence-electron chi connectivity index (χ3n) is 4.61. The van der Waals surface area contributed by atoms with Crippen molar-refractivity contribution in [2.24, 2.45) is 5.73 Å². The summed E-state index contributed by atoms with van der Waals surface area (Å²) in [5.41, 5.74) is 9.66. The Morgan fingerprint density at radius 3 is 2.30 bits per heavy atom. The molecule has 9 nitrogen and oxygen atoms in total. The summed E-state index contributed by atoms with van der Waals surface area (Å²) in [4.78, 5) is 15.8. The van der Waals surface area contributed by atoms with Gasteiger partial charge < -0.3 is 29.9 Å². The van der Waals surface area contributed by atoms with Crippen LogP contribution in [0.2, 0.25) is 0 Å². The van der Waals surface area contributed by atoms with Crippen LogP contribution in [0.1, 0.15) is 17.2 Å². The van der Waals surface area contributed by atoms with E-state index in [1.807, 2.05) is 30.3 Å². The molecule has 30 heavy (non-hydrogen) atoms. The first-order valence-electron chi connectivity index (χ1n) is 9.63. The predicted octanol–water partition coefficient (Wildman–Crippen LogP) is 2.36. The zero-order chi connectivity index (χ0) is 20.9. The van der Waals surface area contributed by atoms with Gasteiger partial charge in [-0.05, 0) is 30.3 Å². The Balaban J connectivity index is 1.42. The van der Waals surface area contributed by atoms with Crippen LogP contribution in [-0.2, 0) is 15.9 Å². The zero-order valence-electron chi connectivity index (χ0n) is 16.7. The van der Waals surface area contributed by atoms with Crippen LogP contribution in [-0.4, -0.2) is 59.3 Å². The number of nitrogens with two attached hydrogens (primary N) is 1. The third kappa shape index (κ3) is 4.58. The van der Waals surface area contributed by atoms with Gasteiger partial charge in [-0.25, -0.2) is 9.97 Å². The first-order valence-corrected chi connectivity index (χ1v) is 9.63. The van der Waals surface area contributed by atoms with Gasteiger partial charge in [-0.3, -0.25) is 5.41 Å². The number of fused-ring (bicyclic) bond motifs is 2. The van der Waals surface area contributed by atoms with Crippen LogP contribution in [0.15, 0.2) is 36.4 Å². The number of H-pyrrole nitrogens is 2. The number of nitrogens with zero attached hydrogens (tertiary/aromatic N) is 2. The molecule has 0 aliphatic rings. The van der Waals surface area contributed by atoms with E-state index in [4.69, 9.17) is 25.4 Å². The lowest BCUT2D eigenvalue weighted by atomic mass is 10.2. The minimum atomic E-state index is 0.0323. The molecule has 0 saturated carbocycles. The van der Waals surface area contributed by atoms with Crippen molar-refractivity contribution in [1.29, 1.82) is 5.41 Å². The van der Waals surface area contributed by atoms with Crippen LogP contribution in [0.4, 0.5) is 0 Å². The quantitative estimate of drug-likeness (QED) is 0.181. The van der Waals surface area contributed by atoms with Gasteiger partial charge in [-0.15, -0.1) is 0 Å². The Morgan fingerprint density at radius 2 is 1.60 bits per heavy atom. The maximum Gasteiger partial charge on any atom is 0.122 e. The lowest BCUT2D eigenvalue weighted by molar-refractivity contribution is 0.0544. The largest absolute Gasteiger partial charge is 0.491 e. The molecule has 2 aromatic heterocycles. The number of hydrogen-bond acceptors (Lipinski definition) is 6. The van der Waals surface area contributed by atoms with Gasteiger partial charge in [0, 0.05) is 18.7 Å². The fourth-order valence-corrected chi connectivity index (χ4v) is 3.15. The number of nitrogens with one attached hydrogen (secondary N) is 3. The average molecular weight is 408 g/mol. The van der Waals surface area contributed by atoms with Gasteiger partial charge >= 0.3 is 0 Å². The van der Waals surface area contributed by atoms with Crippen LogP contribution in [0.25, 0.3) is 22.1 Å². The van der Waals surface area contributed by atoms with Crippen molar-refractivity contribution in [2.45, 2.75) is 6.42 Å². The number of imidazole rings is 2. The highest BCUT2D eigenvalue weighted by atomic mass is 16.5. The molecular weight excluding hydrogens is 384 g/mol. The zero-order valence-corrected chi connectivity index (χ0v) is 16.7. The second-order valence-electron chi connectivity index (χ2n) is 6.82. The molecular formula is C21H24N6O3. The molecule has 0 aliphatic carbocycles. The minimum absolute atomic E-state index is 0.0323. The SMILES string of the molecule is COCCOCCOc1ccc2nc(Cc3nc4ccc(C(=N)N)cc4[nH]3)[nH]c2c1. The van der Waals surface area contributed by atoms with Crippen molar-refractivity contribution in [3.8, 4) is 5.75 Å². The molecule has 5 N–H and O–H groups in total. The summed E-state index contributed by atoms with van der Waals surface area (Å²) in [6.07, 6.45) is 0.530. The van der Waals surface area contributed by atoms with Gasteiger partial charge in [-0.2, -0.15) is 0 Å². The summed E-state index contributed by atoms with van der Waals surface area (Å²) in [5.74, 6) is 2.38. The van der Waals surface area contributed by atoms with Crippen molar-refractivity contribution in [1.82, 2.24) is 19.9 Å². The van der Waals surface area contributed by atoms with Crippen molar-refractivity contribution in [3.63, 3.8) is 0 Å². The van der Waals surface area contributed by atoms with Crippen LogP contribution in [0.3, 0.4) is 0 Å². The first-order chi connectivity index (χ1) is 14.6. The fourth-order valence-electron chi connectivity index (χ4n) is 3.15. The first kappa shape index (κ1) is 19.9. The number of amidine groups is 1. The van der Waals surface area contributed by atoms with Gasteiger partial charge in [0.25, 0.3) is 0 Å². The van der Waals surface area contributed by atoms with Crippen LogP contribution < -0.4 is 10.5 Å². The van der Waals surface area contributed by atoms with E-state index in [1.54, 1.807) is 13.2 Å². The maximum absolute atomic E-state index is 7.56. The second-order valence-corrected chi connectivity index (χ2v) is 6.82. The number of aromatic nitrogens is 4. The summed E-state index contributed by atoms with van der Waals surface area (Å²) in [5, 5.41) is 7.56. The highest BCUT2D eigenvalue weighted by Crippen LogP contribution is 2.21. The van der Waals surface area contributed by atoms with E-state index in [0.29, 0.717) is 38.4 Å². The molecule has 2 aromatic carbocycles. The van der Waals surface area contributed by atoms with E-state index in [1.165, 1.54) is 0 Å². The van der Waals surface area contributed by atoms with Crippen LogP contribution >= 0.6 is 0 Å². The molecule has 156 valence electrons. The number of rotatable bonds is 10. The van der Waals surface area contributed by atoms with Crippen molar-refractivity contribution in [3.05, 3.63) is 53.6 Å². The molecule has 4 rings (SSSR count). The van der Waals surface area contributed by atoms with E-state index in [0.717, 1.165) is 39.5 Å². The van der Waals surface area contributed by atoms with E-state index >= 15 is 0 Å². The Morgan fingerprint density at radius 1 is 0.933 bits per heavy atom. The molecule has 0 aliphatic heterocycles. The predicted molar refractivity (Wildman–Crippen MR) is 114 cm³/mol. The van der Waals surface area contributed by atoms with E-state index < -0.39 is 0 Å². The van der Waals surface area contributed by atoms with Crippen LogP contribution in [0, 0.1) is 5.41 Å². The second kappa shape index (κ2) is 8.93. The monoisotopic (exact) mass is 408 g/mol. The Bertz CT molecular complexity index is 1170. The molecule has 0 fully saturated rings. The summed E-state index contributed by atoms with van der Waals surface area (Å²) < 4.78 is 16.1. The maximum atomic E-state index is 7.56. The number of nitrogen functional groups attached to an aromatic ring is 1. The average Bonchev–Trinajstić information content (AvgIpc) is 3.32. The molecule has 9 heteroatoms. The Labute approximate surface area is 173 Å². The lowest BCUT2D eigenvalue weighted by Crippen LogP contribution is -2.10. The number of ether oxygens (including phenoxy) is 3. The summed E-state index contributed by atoms with van der Waals surface area (Å²) in [6, 6.07) is 11.2. The summed E-state index contributed by atoms with van der Waals surface area (Å²) in [6.45, 7) is 2.11. The summed E-state index contributed by atoms with van der Waals surface area (Å²) >= 11 is 0. The molecule has 0 radical (unpaired) electrons. The van der Waals surface area contributed by atoms with Gasteiger partial charge in [0.05, 0.1) is 48.3 Å². The molecule has 0 unspecified atom stereocenters. The fraction of sp³-hybridized carbons (Fsp3) is 0.286. The number of aromatic amines is 2. The summed E-state index contributed by atoms with van der Waals surface area (Å²) in [7, 11) is 1.65. The molecule has 0 atom stereocenters. The highest BCUT2D eigenvalue weighted by molar-refractivity contribution is 5.97. The lowest BCUT2D eigenvalue weighted by Gasteiger charge is -2.06. The van der Waals surface area contributed by atoms with Gasteiger partial charge in [0.15, 0.2) is 0 Å². The van der Waals surface area contributed by atoms with E-state index in [-0.39, 0.29) is 5.84 Å². The molecule has 0 saturated heterocycles. The van der Waals surface area contributed by atoms with E-state index in [9.17, 15) is 0 Å². The van der Waals surface area contributed by atoms with Crippen molar-refractivity contribution < 1.29 is 14.2 Å².